The zero-order chi connectivity index (χ0) is 23.2. The number of hydrogen-bond acceptors (Lipinski definition) is 6. The van der Waals surface area contributed by atoms with Gasteiger partial charge in [0.2, 0.25) is 0 Å². The largest absolute Gasteiger partial charge is 0.492 e. The second-order valence-corrected chi connectivity index (χ2v) is 8.45. The van der Waals surface area contributed by atoms with E-state index < -0.39 is 0 Å². The van der Waals surface area contributed by atoms with Crippen molar-refractivity contribution in [3.63, 3.8) is 0 Å². The third-order valence-electron chi connectivity index (χ3n) is 5.49. The summed E-state index contributed by atoms with van der Waals surface area (Å²) in [6.45, 7) is 1.13. The lowest BCUT2D eigenvalue weighted by atomic mass is 9.97. The molecule has 0 bridgehead atoms. The van der Waals surface area contributed by atoms with Gasteiger partial charge in [-0.2, -0.15) is 0 Å². The van der Waals surface area contributed by atoms with Crippen LogP contribution in [-0.4, -0.2) is 23.1 Å². The molecule has 5 aromatic rings. The van der Waals surface area contributed by atoms with Crippen molar-refractivity contribution in [3.8, 4) is 28.1 Å². The Morgan fingerprint density at radius 1 is 0.824 bits per heavy atom. The number of aromatic nitrogens is 2. The van der Waals surface area contributed by atoms with E-state index in [0.29, 0.717) is 13.2 Å². The SMILES string of the molecule is NSc1cncc(-c2cc3cccc(-c4ccccc4)c3c(NCCOc3ccccc3)n2)c1. The van der Waals surface area contributed by atoms with Gasteiger partial charge in [-0.25, -0.2) is 4.98 Å². The maximum Gasteiger partial charge on any atom is 0.135 e. The van der Waals surface area contributed by atoms with Crippen LogP contribution in [0.3, 0.4) is 0 Å². The van der Waals surface area contributed by atoms with Gasteiger partial charge in [-0.05, 0) is 52.7 Å². The van der Waals surface area contributed by atoms with Gasteiger partial charge < -0.3 is 10.1 Å². The molecule has 0 saturated carbocycles. The lowest BCUT2D eigenvalue weighted by Crippen LogP contribution is -2.13. The van der Waals surface area contributed by atoms with Crippen LogP contribution in [0.4, 0.5) is 5.82 Å². The molecular weight excluding hydrogens is 440 g/mol. The minimum Gasteiger partial charge on any atom is -0.492 e. The molecule has 168 valence electrons. The van der Waals surface area contributed by atoms with Crippen LogP contribution in [0.5, 0.6) is 5.75 Å². The van der Waals surface area contributed by atoms with Crippen molar-refractivity contribution >= 4 is 28.5 Å². The quantitative estimate of drug-likeness (QED) is 0.204. The van der Waals surface area contributed by atoms with Crippen LogP contribution in [0.25, 0.3) is 33.2 Å². The summed E-state index contributed by atoms with van der Waals surface area (Å²) in [5, 5.41) is 11.5. The molecule has 2 heterocycles. The molecule has 0 aliphatic rings. The molecule has 0 saturated heterocycles. The minimum absolute atomic E-state index is 0.520. The lowest BCUT2D eigenvalue weighted by molar-refractivity contribution is 0.333. The van der Waals surface area contributed by atoms with Gasteiger partial charge >= 0.3 is 0 Å². The van der Waals surface area contributed by atoms with E-state index in [1.54, 1.807) is 6.20 Å². The average Bonchev–Trinajstić information content (AvgIpc) is 2.91. The van der Waals surface area contributed by atoms with Crippen molar-refractivity contribution in [2.75, 3.05) is 18.5 Å². The van der Waals surface area contributed by atoms with Gasteiger partial charge in [-0.1, -0.05) is 66.7 Å². The molecule has 0 fully saturated rings. The van der Waals surface area contributed by atoms with E-state index in [1.165, 1.54) is 11.9 Å². The van der Waals surface area contributed by atoms with E-state index in [0.717, 1.165) is 49.6 Å². The Hall–Kier alpha value is -3.87. The fraction of sp³-hybridized carbons (Fsp3) is 0.0714. The molecule has 0 unspecified atom stereocenters. The highest BCUT2D eigenvalue weighted by atomic mass is 32.2. The standard InChI is InChI=1S/C28H24N4OS/c29-34-24-16-22(18-30-19-24)26-17-21-10-7-13-25(20-8-3-1-4-9-20)27(21)28(32-26)31-14-15-33-23-11-5-2-6-12-23/h1-13,16-19H,14-15,29H2,(H,31,32). The predicted octanol–water partition coefficient (Wildman–Crippen LogP) is 6.42. The van der Waals surface area contributed by atoms with Crippen molar-refractivity contribution < 1.29 is 4.74 Å². The van der Waals surface area contributed by atoms with E-state index in [4.69, 9.17) is 14.9 Å². The van der Waals surface area contributed by atoms with Crippen LogP contribution in [0.2, 0.25) is 0 Å². The molecule has 0 radical (unpaired) electrons. The summed E-state index contributed by atoms with van der Waals surface area (Å²) in [6, 6.07) is 30.7. The van der Waals surface area contributed by atoms with Crippen LogP contribution in [0, 0.1) is 0 Å². The number of nitrogens with zero attached hydrogens (tertiary/aromatic N) is 2. The first-order valence-corrected chi connectivity index (χ1v) is 11.9. The molecule has 6 heteroatoms. The van der Waals surface area contributed by atoms with E-state index >= 15 is 0 Å². The van der Waals surface area contributed by atoms with Crippen LogP contribution in [-0.2, 0) is 0 Å². The molecular formula is C28H24N4OS. The fourth-order valence-electron chi connectivity index (χ4n) is 3.92. The highest BCUT2D eigenvalue weighted by Crippen LogP contribution is 2.35. The Bertz CT molecular complexity index is 1390. The van der Waals surface area contributed by atoms with Crippen LogP contribution in [0.1, 0.15) is 0 Å². The Balaban J connectivity index is 1.54. The van der Waals surface area contributed by atoms with Gasteiger partial charge in [0.25, 0.3) is 0 Å². The van der Waals surface area contributed by atoms with Gasteiger partial charge in [-0.3, -0.25) is 10.1 Å². The number of pyridine rings is 2. The molecule has 3 N–H and O–H groups in total. The molecule has 0 atom stereocenters. The van der Waals surface area contributed by atoms with Crippen LogP contribution < -0.4 is 15.2 Å². The molecule has 5 rings (SSSR count). The summed E-state index contributed by atoms with van der Waals surface area (Å²) < 4.78 is 5.88. The van der Waals surface area contributed by atoms with Crippen molar-refractivity contribution in [3.05, 3.63) is 103 Å². The minimum atomic E-state index is 0.520. The Kier molecular flexibility index (Phi) is 6.70. The lowest BCUT2D eigenvalue weighted by Gasteiger charge is -2.16. The first-order valence-electron chi connectivity index (χ1n) is 11.0. The van der Waals surface area contributed by atoms with E-state index in [-0.39, 0.29) is 0 Å². The van der Waals surface area contributed by atoms with Crippen molar-refractivity contribution in [1.82, 2.24) is 9.97 Å². The summed E-state index contributed by atoms with van der Waals surface area (Å²) in [4.78, 5) is 10.2. The number of nitrogens with one attached hydrogen (secondary N) is 1. The number of anilines is 1. The second-order valence-electron chi connectivity index (χ2n) is 7.74. The van der Waals surface area contributed by atoms with E-state index in [2.05, 4.69) is 58.8 Å². The summed E-state index contributed by atoms with van der Waals surface area (Å²) in [5.41, 5.74) is 4.04. The number of fused-ring (bicyclic) bond motifs is 1. The van der Waals surface area contributed by atoms with Crippen LogP contribution >= 0.6 is 11.9 Å². The molecule has 34 heavy (non-hydrogen) atoms. The highest BCUT2D eigenvalue weighted by molar-refractivity contribution is 7.97. The Morgan fingerprint density at radius 2 is 1.62 bits per heavy atom. The zero-order valence-corrected chi connectivity index (χ0v) is 19.3. The van der Waals surface area contributed by atoms with Crippen molar-refractivity contribution in [2.24, 2.45) is 5.14 Å². The average molecular weight is 465 g/mol. The summed E-state index contributed by atoms with van der Waals surface area (Å²) in [6.07, 6.45) is 3.57. The molecule has 5 nitrogen and oxygen atoms in total. The third kappa shape index (κ3) is 4.88. The maximum absolute atomic E-state index is 5.88. The summed E-state index contributed by atoms with van der Waals surface area (Å²) in [5.74, 6) is 1.66. The normalized spacial score (nSPS) is 10.9. The van der Waals surface area contributed by atoms with Crippen LogP contribution in [0.15, 0.2) is 108 Å². The first kappa shape index (κ1) is 21.9. The number of rotatable bonds is 8. The monoisotopic (exact) mass is 464 g/mol. The van der Waals surface area contributed by atoms with Gasteiger partial charge in [0.15, 0.2) is 0 Å². The number of para-hydroxylation sites is 1. The number of nitrogens with two attached hydrogens (primary N) is 1. The predicted molar refractivity (Wildman–Crippen MR) is 141 cm³/mol. The van der Waals surface area contributed by atoms with E-state index in [1.807, 2.05) is 48.7 Å². The van der Waals surface area contributed by atoms with Gasteiger partial charge in [0.05, 0.1) is 12.2 Å². The summed E-state index contributed by atoms with van der Waals surface area (Å²) >= 11 is 1.18. The van der Waals surface area contributed by atoms with Gasteiger partial charge in [-0.15, -0.1) is 0 Å². The highest BCUT2D eigenvalue weighted by Gasteiger charge is 2.13. The maximum atomic E-state index is 5.88. The van der Waals surface area contributed by atoms with Crippen molar-refractivity contribution in [2.45, 2.75) is 4.90 Å². The van der Waals surface area contributed by atoms with Gasteiger partial charge in [0, 0.05) is 28.2 Å². The number of benzene rings is 3. The topological polar surface area (TPSA) is 73.1 Å². The smallest absolute Gasteiger partial charge is 0.135 e. The summed E-state index contributed by atoms with van der Waals surface area (Å²) in [7, 11) is 0. The third-order valence-corrected chi connectivity index (χ3v) is 5.99. The molecule has 0 aliphatic heterocycles. The number of hydrogen-bond donors (Lipinski definition) is 2. The molecule has 0 amide bonds. The molecule has 3 aromatic carbocycles. The zero-order valence-electron chi connectivity index (χ0n) is 18.5. The fourth-order valence-corrected chi connectivity index (χ4v) is 4.24. The molecule has 2 aromatic heterocycles. The Morgan fingerprint density at radius 3 is 2.41 bits per heavy atom. The van der Waals surface area contributed by atoms with Gasteiger partial charge in [0.1, 0.15) is 18.2 Å². The first-order chi connectivity index (χ1) is 16.8. The Labute approximate surface area is 203 Å². The second kappa shape index (κ2) is 10.4. The van der Waals surface area contributed by atoms with Crippen molar-refractivity contribution in [1.29, 1.82) is 0 Å². The molecule has 0 spiro atoms. The van der Waals surface area contributed by atoms with E-state index in [9.17, 15) is 0 Å². The molecule has 0 aliphatic carbocycles. The number of ether oxygens (including phenoxy) is 1.